The summed E-state index contributed by atoms with van der Waals surface area (Å²) in [6.07, 6.45) is 3.13. The number of nitrogens with zero attached hydrogens (tertiary/aromatic N) is 3. The molecule has 1 saturated heterocycles. The number of H-pyrrole nitrogens is 1. The fourth-order valence-corrected chi connectivity index (χ4v) is 5.72. The lowest BCUT2D eigenvalue weighted by Crippen LogP contribution is -2.47. The van der Waals surface area contributed by atoms with Crippen LogP contribution in [0.25, 0.3) is 10.9 Å². The van der Waals surface area contributed by atoms with E-state index >= 15 is 0 Å². The van der Waals surface area contributed by atoms with Gasteiger partial charge in [0.1, 0.15) is 4.90 Å². The first kappa shape index (κ1) is 21.0. The molecule has 2 aromatic heterocycles. The van der Waals surface area contributed by atoms with E-state index in [-0.39, 0.29) is 15.9 Å². The Bertz CT molecular complexity index is 1150. The number of rotatable bonds is 6. The van der Waals surface area contributed by atoms with Gasteiger partial charge in [-0.3, -0.25) is 4.79 Å². The summed E-state index contributed by atoms with van der Waals surface area (Å²) >= 11 is 1.32. The van der Waals surface area contributed by atoms with Crippen LogP contribution in [-0.2, 0) is 10.0 Å². The van der Waals surface area contributed by atoms with E-state index in [9.17, 15) is 13.2 Å². The molecule has 3 heterocycles. The number of piperazine rings is 1. The molecule has 30 heavy (non-hydrogen) atoms. The number of pyridine rings is 1. The monoisotopic (exact) mass is 444 g/mol. The van der Waals surface area contributed by atoms with Crippen molar-refractivity contribution >= 4 is 38.5 Å². The van der Waals surface area contributed by atoms with Crippen molar-refractivity contribution in [1.29, 1.82) is 0 Å². The molecular weight excluding hydrogens is 420 g/mol. The maximum absolute atomic E-state index is 12.9. The van der Waals surface area contributed by atoms with Crippen molar-refractivity contribution in [2.45, 2.75) is 22.1 Å². The summed E-state index contributed by atoms with van der Waals surface area (Å²) in [7, 11) is -1.56. The van der Waals surface area contributed by atoms with Crippen LogP contribution >= 0.6 is 11.8 Å². The first-order valence-electron chi connectivity index (χ1n) is 9.78. The number of fused-ring (bicyclic) bond motifs is 1. The normalized spacial score (nSPS) is 17.3. The fraction of sp³-hybridized carbons (Fsp3) is 0.333. The summed E-state index contributed by atoms with van der Waals surface area (Å²) in [5.74, 6) is 0.00776. The largest absolute Gasteiger partial charge is 0.360 e. The molecule has 7 nitrogen and oxygen atoms in total. The molecule has 1 fully saturated rings. The van der Waals surface area contributed by atoms with Crippen LogP contribution in [0, 0.1) is 0 Å². The maximum Gasteiger partial charge on any atom is 0.244 e. The quantitative estimate of drug-likeness (QED) is 0.465. The van der Waals surface area contributed by atoms with Crippen LogP contribution in [0.4, 0.5) is 0 Å². The summed E-state index contributed by atoms with van der Waals surface area (Å²) in [5, 5.41) is 1.17. The lowest BCUT2D eigenvalue weighted by Gasteiger charge is -2.31. The van der Waals surface area contributed by atoms with Crippen LogP contribution in [0.2, 0.25) is 0 Å². The fourth-order valence-electron chi connectivity index (χ4n) is 3.50. The molecule has 1 N–H and O–H groups in total. The Kier molecular flexibility index (Phi) is 5.97. The second-order valence-electron chi connectivity index (χ2n) is 7.41. The van der Waals surface area contributed by atoms with Crippen LogP contribution in [0.1, 0.15) is 17.3 Å². The highest BCUT2D eigenvalue weighted by Gasteiger charge is 2.28. The summed E-state index contributed by atoms with van der Waals surface area (Å²) < 4.78 is 27.1. The van der Waals surface area contributed by atoms with Gasteiger partial charge < -0.3 is 9.88 Å². The Morgan fingerprint density at radius 3 is 2.57 bits per heavy atom. The smallest absolute Gasteiger partial charge is 0.244 e. The predicted molar refractivity (Wildman–Crippen MR) is 118 cm³/mol. The Balaban J connectivity index is 1.46. The third-order valence-corrected chi connectivity index (χ3v) is 8.26. The van der Waals surface area contributed by atoms with E-state index in [2.05, 4.69) is 14.9 Å². The molecule has 1 atom stereocenters. The molecule has 0 saturated carbocycles. The number of hydrogen-bond donors (Lipinski definition) is 1. The average molecular weight is 445 g/mol. The van der Waals surface area contributed by atoms with Gasteiger partial charge in [-0.1, -0.05) is 30.0 Å². The van der Waals surface area contributed by atoms with Gasteiger partial charge in [-0.25, -0.2) is 13.4 Å². The van der Waals surface area contributed by atoms with E-state index in [0.717, 1.165) is 10.9 Å². The summed E-state index contributed by atoms with van der Waals surface area (Å²) in [5.41, 5.74) is 1.58. The number of likely N-dealkylation sites (N-methyl/N-ethyl adjacent to an activating group) is 1. The number of carbonyl (C=O) groups excluding carboxylic acids is 1. The second kappa shape index (κ2) is 8.50. The van der Waals surface area contributed by atoms with Gasteiger partial charge in [0.05, 0.1) is 10.3 Å². The number of Topliss-reactive ketones (excluding diaryl/α,β-unsaturated/α-hetero) is 1. The van der Waals surface area contributed by atoms with Gasteiger partial charge in [-0.15, -0.1) is 0 Å². The van der Waals surface area contributed by atoms with E-state index in [4.69, 9.17) is 0 Å². The molecule has 1 aliphatic rings. The lowest BCUT2D eigenvalue weighted by atomic mass is 10.1. The molecule has 0 unspecified atom stereocenters. The van der Waals surface area contributed by atoms with E-state index in [1.165, 1.54) is 22.3 Å². The number of carbonyl (C=O) groups is 1. The first-order valence-corrected chi connectivity index (χ1v) is 12.1. The van der Waals surface area contributed by atoms with Crippen molar-refractivity contribution in [3.05, 3.63) is 54.4 Å². The third kappa shape index (κ3) is 4.15. The zero-order valence-corrected chi connectivity index (χ0v) is 18.5. The molecule has 3 aromatic rings. The van der Waals surface area contributed by atoms with Gasteiger partial charge in [0, 0.05) is 55.0 Å². The summed E-state index contributed by atoms with van der Waals surface area (Å²) in [6.45, 7) is 4.23. The maximum atomic E-state index is 12.9. The van der Waals surface area contributed by atoms with Crippen LogP contribution in [0.15, 0.2) is 58.7 Å². The average Bonchev–Trinajstić information content (AvgIpc) is 3.18. The van der Waals surface area contributed by atoms with Crippen molar-refractivity contribution in [3.8, 4) is 0 Å². The van der Waals surface area contributed by atoms with Gasteiger partial charge in [0.2, 0.25) is 10.0 Å². The molecule has 0 amide bonds. The first-order chi connectivity index (χ1) is 14.4. The Morgan fingerprint density at radius 2 is 1.87 bits per heavy atom. The number of ketones is 1. The minimum atomic E-state index is -3.54. The lowest BCUT2D eigenvalue weighted by molar-refractivity contribution is 0.0995. The molecule has 1 aliphatic heterocycles. The zero-order chi connectivity index (χ0) is 21.3. The van der Waals surface area contributed by atoms with Crippen molar-refractivity contribution < 1.29 is 13.2 Å². The van der Waals surface area contributed by atoms with Crippen molar-refractivity contribution in [2.75, 3.05) is 33.2 Å². The summed E-state index contributed by atoms with van der Waals surface area (Å²) in [4.78, 5) is 22.6. The van der Waals surface area contributed by atoms with E-state index < -0.39 is 10.0 Å². The molecule has 0 spiro atoms. The van der Waals surface area contributed by atoms with Crippen LogP contribution in [0.5, 0.6) is 0 Å². The van der Waals surface area contributed by atoms with Gasteiger partial charge in [-0.05, 0) is 32.2 Å². The number of thioether (sulfide) groups is 1. The van der Waals surface area contributed by atoms with E-state index in [1.807, 2.05) is 38.2 Å². The molecule has 0 aliphatic carbocycles. The minimum absolute atomic E-state index is 0.00776. The number of benzene rings is 1. The van der Waals surface area contributed by atoms with Crippen LogP contribution in [0.3, 0.4) is 0 Å². The molecular formula is C21H24N4O3S2. The Labute approximate surface area is 180 Å². The molecule has 158 valence electrons. The molecule has 9 heteroatoms. The molecule has 0 bridgehead atoms. The van der Waals surface area contributed by atoms with Crippen molar-refractivity contribution in [2.24, 2.45) is 0 Å². The van der Waals surface area contributed by atoms with E-state index in [0.29, 0.717) is 36.8 Å². The highest BCUT2D eigenvalue weighted by molar-refractivity contribution is 8.00. The Morgan fingerprint density at radius 1 is 1.13 bits per heavy atom. The van der Waals surface area contributed by atoms with Crippen molar-refractivity contribution in [3.63, 3.8) is 0 Å². The number of hydrogen-bond acceptors (Lipinski definition) is 6. The number of nitrogens with one attached hydrogen (secondary N) is 1. The van der Waals surface area contributed by atoms with Crippen molar-refractivity contribution in [1.82, 2.24) is 19.2 Å². The standard InChI is InChI=1S/C21H24N4O3S2/c1-15(21(26)18-14-22-19-6-4-3-5-17(18)19)29-20-8-7-16(13-23-20)30(27,28)25-11-9-24(2)10-12-25/h3-8,13-15,22H,9-12H2,1-2H3/t15-/m0/s1. The van der Waals surface area contributed by atoms with Gasteiger partial charge in [-0.2, -0.15) is 4.31 Å². The predicted octanol–water partition coefficient (Wildman–Crippen LogP) is 2.86. The highest BCUT2D eigenvalue weighted by atomic mass is 32.2. The molecule has 1 aromatic carbocycles. The second-order valence-corrected chi connectivity index (χ2v) is 10.7. The molecule has 4 rings (SSSR count). The number of aromatic nitrogens is 2. The number of para-hydroxylation sites is 1. The van der Waals surface area contributed by atoms with Gasteiger partial charge in [0.25, 0.3) is 0 Å². The Hall–Kier alpha value is -2.20. The van der Waals surface area contributed by atoms with Gasteiger partial charge >= 0.3 is 0 Å². The topological polar surface area (TPSA) is 86.4 Å². The number of aromatic amines is 1. The minimum Gasteiger partial charge on any atom is -0.360 e. The summed E-state index contributed by atoms with van der Waals surface area (Å²) in [6, 6.07) is 10.9. The van der Waals surface area contributed by atoms with Gasteiger partial charge in [0.15, 0.2) is 5.78 Å². The third-order valence-electron chi connectivity index (χ3n) is 5.33. The zero-order valence-electron chi connectivity index (χ0n) is 16.9. The SMILES string of the molecule is C[C@H](Sc1ccc(S(=O)(=O)N2CCN(C)CC2)cn1)C(=O)c1c[nH]c2ccccc12. The molecule has 0 radical (unpaired) electrons. The highest BCUT2D eigenvalue weighted by Crippen LogP contribution is 2.28. The van der Waals surface area contributed by atoms with Crippen LogP contribution < -0.4 is 0 Å². The van der Waals surface area contributed by atoms with E-state index in [1.54, 1.807) is 18.3 Å². The van der Waals surface area contributed by atoms with Crippen LogP contribution in [-0.4, -0.2) is 71.9 Å². The number of sulfonamides is 1.